The summed E-state index contributed by atoms with van der Waals surface area (Å²) >= 11 is 5.89. The van der Waals surface area contributed by atoms with Crippen LogP contribution in [-0.2, 0) is 0 Å². The molecular formula is C16H20ClN3O. The van der Waals surface area contributed by atoms with Crippen molar-refractivity contribution < 1.29 is 4.79 Å². The summed E-state index contributed by atoms with van der Waals surface area (Å²) in [7, 11) is 0. The van der Waals surface area contributed by atoms with Crippen LogP contribution in [0.2, 0.25) is 5.02 Å². The van der Waals surface area contributed by atoms with Crippen molar-refractivity contribution in [3.8, 4) is 6.07 Å². The molecular weight excluding hydrogens is 286 g/mol. The molecule has 5 heteroatoms. The Morgan fingerprint density at radius 2 is 1.86 bits per heavy atom. The first-order chi connectivity index (χ1) is 10.1. The Kier molecular flexibility index (Phi) is 5.46. The third kappa shape index (κ3) is 4.64. The highest BCUT2D eigenvalue weighted by molar-refractivity contribution is 6.30. The lowest BCUT2D eigenvalue weighted by Gasteiger charge is -2.29. The van der Waals surface area contributed by atoms with E-state index in [1.165, 1.54) is 6.42 Å². The van der Waals surface area contributed by atoms with Crippen molar-refractivity contribution in [1.82, 2.24) is 5.32 Å². The van der Waals surface area contributed by atoms with Gasteiger partial charge in [-0.3, -0.25) is 0 Å². The lowest BCUT2D eigenvalue weighted by Crippen LogP contribution is -2.49. The number of nitrogens with zero attached hydrogens (tertiary/aromatic N) is 1. The second-order valence-corrected chi connectivity index (χ2v) is 5.99. The highest BCUT2D eigenvalue weighted by Crippen LogP contribution is 2.26. The van der Waals surface area contributed by atoms with Gasteiger partial charge < -0.3 is 10.6 Å². The van der Waals surface area contributed by atoms with Crippen LogP contribution in [0.5, 0.6) is 0 Å². The Balaban J connectivity index is 2.00. The molecule has 0 aliphatic heterocycles. The quantitative estimate of drug-likeness (QED) is 0.846. The summed E-state index contributed by atoms with van der Waals surface area (Å²) in [4.78, 5) is 12.1. The molecule has 0 heterocycles. The molecule has 0 saturated heterocycles. The van der Waals surface area contributed by atoms with Crippen LogP contribution in [0.1, 0.15) is 44.9 Å². The minimum Gasteiger partial charge on any atom is -0.319 e. The first-order valence-electron chi connectivity index (χ1n) is 7.40. The van der Waals surface area contributed by atoms with E-state index in [-0.39, 0.29) is 6.03 Å². The van der Waals surface area contributed by atoms with Crippen LogP contribution in [0, 0.1) is 11.3 Å². The Bertz CT molecular complexity index is 531. The third-order valence-corrected chi connectivity index (χ3v) is 4.09. The van der Waals surface area contributed by atoms with Crippen molar-refractivity contribution in [3.63, 3.8) is 0 Å². The fraction of sp³-hybridized carbons (Fsp3) is 0.500. The largest absolute Gasteiger partial charge is 0.320 e. The van der Waals surface area contributed by atoms with Gasteiger partial charge in [0.25, 0.3) is 0 Å². The van der Waals surface area contributed by atoms with Crippen molar-refractivity contribution in [1.29, 1.82) is 5.26 Å². The number of halogens is 1. The van der Waals surface area contributed by atoms with Crippen LogP contribution in [0.15, 0.2) is 24.3 Å². The van der Waals surface area contributed by atoms with Gasteiger partial charge in [-0.2, -0.15) is 5.26 Å². The molecule has 1 saturated carbocycles. The van der Waals surface area contributed by atoms with Crippen molar-refractivity contribution >= 4 is 23.3 Å². The number of benzene rings is 1. The Morgan fingerprint density at radius 3 is 2.48 bits per heavy atom. The van der Waals surface area contributed by atoms with E-state index in [2.05, 4.69) is 16.7 Å². The average molecular weight is 306 g/mol. The molecule has 1 aliphatic carbocycles. The summed E-state index contributed by atoms with van der Waals surface area (Å²) in [6.07, 6.45) is 6.85. The monoisotopic (exact) mass is 305 g/mol. The molecule has 0 unspecified atom stereocenters. The number of nitriles is 1. The molecule has 0 spiro atoms. The van der Waals surface area contributed by atoms with E-state index in [1.807, 2.05) is 0 Å². The summed E-state index contributed by atoms with van der Waals surface area (Å²) in [5.41, 5.74) is -0.123. The van der Waals surface area contributed by atoms with Gasteiger partial charge in [0, 0.05) is 10.7 Å². The summed E-state index contributed by atoms with van der Waals surface area (Å²) in [5, 5.41) is 15.7. The van der Waals surface area contributed by atoms with Crippen LogP contribution in [0.4, 0.5) is 10.5 Å². The molecule has 0 radical (unpaired) electrons. The van der Waals surface area contributed by atoms with Crippen LogP contribution in [-0.4, -0.2) is 11.6 Å². The fourth-order valence-corrected chi connectivity index (χ4v) is 2.91. The van der Waals surface area contributed by atoms with E-state index in [1.54, 1.807) is 24.3 Å². The summed E-state index contributed by atoms with van der Waals surface area (Å²) < 4.78 is 0. The van der Waals surface area contributed by atoms with Crippen LogP contribution in [0.3, 0.4) is 0 Å². The SMILES string of the molecule is N#CC1(NC(=O)Nc2cccc(Cl)c2)CCCCCCC1. The van der Waals surface area contributed by atoms with E-state index < -0.39 is 5.54 Å². The first kappa shape index (κ1) is 15.7. The number of urea groups is 1. The molecule has 4 nitrogen and oxygen atoms in total. The van der Waals surface area contributed by atoms with Gasteiger partial charge in [0.1, 0.15) is 5.54 Å². The Morgan fingerprint density at radius 1 is 1.19 bits per heavy atom. The predicted octanol–water partition coefficient (Wildman–Crippen LogP) is 4.47. The van der Waals surface area contributed by atoms with Crippen molar-refractivity contribution in [3.05, 3.63) is 29.3 Å². The minimum absolute atomic E-state index is 0.348. The van der Waals surface area contributed by atoms with E-state index in [0.29, 0.717) is 23.6 Å². The van der Waals surface area contributed by atoms with E-state index in [0.717, 1.165) is 25.7 Å². The number of carbonyl (C=O) groups is 1. The molecule has 2 rings (SSSR count). The number of anilines is 1. The van der Waals surface area contributed by atoms with Gasteiger partial charge >= 0.3 is 6.03 Å². The van der Waals surface area contributed by atoms with E-state index in [9.17, 15) is 10.1 Å². The number of nitrogens with one attached hydrogen (secondary N) is 2. The van der Waals surface area contributed by atoms with E-state index >= 15 is 0 Å². The number of carbonyl (C=O) groups excluding carboxylic acids is 1. The lowest BCUT2D eigenvalue weighted by atomic mass is 9.85. The van der Waals surface area contributed by atoms with Crippen molar-refractivity contribution in [2.75, 3.05) is 5.32 Å². The molecule has 1 aliphatic rings. The van der Waals surface area contributed by atoms with Crippen LogP contribution < -0.4 is 10.6 Å². The zero-order chi connectivity index (χ0) is 15.1. The highest BCUT2D eigenvalue weighted by Gasteiger charge is 2.31. The number of rotatable bonds is 2. The van der Waals surface area contributed by atoms with E-state index in [4.69, 9.17) is 11.6 Å². The molecule has 1 aromatic rings. The second-order valence-electron chi connectivity index (χ2n) is 5.55. The molecule has 2 amide bonds. The van der Waals surface area contributed by atoms with Gasteiger partial charge in [-0.05, 0) is 31.0 Å². The zero-order valence-electron chi connectivity index (χ0n) is 12.0. The minimum atomic E-state index is -0.747. The smallest absolute Gasteiger partial charge is 0.319 e. The third-order valence-electron chi connectivity index (χ3n) is 3.86. The molecule has 2 N–H and O–H groups in total. The summed E-state index contributed by atoms with van der Waals surface area (Å²) in [6, 6.07) is 8.93. The Hall–Kier alpha value is -1.73. The van der Waals surface area contributed by atoms with Gasteiger partial charge in [0.05, 0.1) is 6.07 Å². The summed E-state index contributed by atoms with van der Waals surface area (Å²) in [6.45, 7) is 0. The number of amides is 2. The fourth-order valence-electron chi connectivity index (χ4n) is 2.72. The molecule has 1 fully saturated rings. The van der Waals surface area contributed by atoms with Crippen LogP contribution >= 0.6 is 11.6 Å². The van der Waals surface area contributed by atoms with Gasteiger partial charge in [0.15, 0.2) is 0 Å². The van der Waals surface area contributed by atoms with Crippen LogP contribution in [0.25, 0.3) is 0 Å². The van der Waals surface area contributed by atoms with Gasteiger partial charge in [-0.25, -0.2) is 4.79 Å². The maximum Gasteiger partial charge on any atom is 0.320 e. The predicted molar refractivity (Wildman–Crippen MR) is 84.3 cm³/mol. The molecule has 1 aromatic carbocycles. The average Bonchev–Trinajstić information content (AvgIpc) is 2.42. The molecule has 0 atom stereocenters. The van der Waals surface area contributed by atoms with Crippen molar-refractivity contribution in [2.24, 2.45) is 0 Å². The molecule has 0 bridgehead atoms. The van der Waals surface area contributed by atoms with Gasteiger partial charge in [-0.1, -0.05) is 49.8 Å². The number of hydrogen-bond donors (Lipinski definition) is 2. The normalized spacial score (nSPS) is 17.9. The maximum absolute atomic E-state index is 12.1. The molecule has 21 heavy (non-hydrogen) atoms. The Labute approximate surface area is 130 Å². The molecule has 0 aromatic heterocycles. The van der Waals surface area contributed by atoms with Crippen molar-refractivity contribution in [2.45, 2.75) is 50.5 Å². The number of hydrogen-bond acceptors (Lipinski definition) is 2. The maximum atomic E-state index is 12.1. The van der Waals surface area contributed by atoms with Gasteiger partial charge in [-0.15, -0.1) is 0 Å². The summed E-state index contributed by atoms with van der Waals surface area (Å²) in [5.74, 6) is 0. The topological polar surface area (TPSA) is 64.9 Å². The first-order valence-corrected chi connectivity index (χ1v) is 7.77. The van der Waals surface area contributed by atoms with Gasteiger partial charge in [0.2, 0.25) is 0 Å². The zero-order valence-corrected chi connectivity index (χ0v) is 12.7. The standard InChI is InChI=1S/C16H20ClN3O/c17-13-7-6-8-14(11-13)19-15(21)20-16(12-18)9-4-2-1-3-5-10-16/h6-8,11H,1-5,9-10H2,(H2,19,20,21). The second kappa shape index (κ2) is 7.33. The molecule has 112 valence electrons. The highest BCUT2D eigenvalue weighted by atomic mass is 35.5. The lowest BCUT2D eigenvalue weighted by molar-refractivity contribution is 0.236.